The number of para-hydroxylation sites is 1. The summed E-state index contributed by atoms with van der Waals surface area (Å²) < 4.78 is 10.7. The Labute approximate surface area is 167 Å². The van der Waals surface area contributed by atoms with E-state index in [4.69, 9.17) is 21.1 Å². The number of aromatic nitrogens is 2. The zero-order valence-electron chi connectivity index (χ0n) is 15.2. The summed E-state index contributed by atoms with van der Waals surface area (Å²) in [4.78, 5) is 12.2. The summed E-state index contributed by atoms with van der Waals surface area (Å²) in [5.74, 6) is 6.66. The lowest BCUT2D eigenvalue weighted by Crippen LogP contribution is -2.24. The highest BCUT2D eigenvalue weighted by Gasteiger charge is 2.10. The van der Waals surface area contributed by atoms with E-state index < -0.39 is 0 Å². The van der Waals surface area contributed by atoms with Crippen molar-refractivity contribution in [1.29, 1.82) is 0 Å². The Morgan fingerprint density at radius 1 is 1.18 bits per heavy atom. The third-order valence-electron chi connectivity index (χ3n) is 3.79. The van der Waals surface area contributed by atoms with Gasteiger partial charge in [-0.25, -0.2) is 0 Å². The number of nitrogens with zero attached hydrogens (tertiary/aromatic N) is 1. The monoisotopic (exact) mass is 395 g/mol. The number of hydrogen-bond acceptors (Lipinski definition) is 4. The van der Waals surface area contributed by atoms with Gasteiger partial charge in [-0.2, -0.15) is 5.10 Å². The minimum Gasteiger partial charge on any atom is -0.497 e. The van der Waals surface area contributed by atoms with E-state index >= 15 is 0 Å². The molecule has 0 fully saturated rings. The molecule has 0 spiro atoms. The van der Waals surface area contributed by atoms with E-state index in [1.54, 1.807) is 25.3 Å². The van der Waals surface area contributed by atoms with Gasteiger partial charge in [-0.15, -0.1) is 0 Å². The quantitative estimate of drug-likeness (QED) is 0.626. The van der Waals surface area contributed by atoms with Crippen molar-refractivity contribution in [1.82, 2.24) is 15.5 Å². The molecule has 0 saturated heterocycles. The number of carbonyl (C=O) groups excluding carboxylic acids is 1. The van der Waals surface area contributed by atoms with Gasteiger partial charge in [0.15, 0.2) is 0 Å². The van der Waals surface area contributed by atoms with Gasteiger partial charge in [0.1, 0.15) is 23.8 Å². The van der Waals surface area contributed by atoms with Gasteiger partial charge in [0.05, 0.1) is 24.4 Å². The van der Waals surface area contributed by atoms with E-state index in [9.17, 15) is 4.79 Å². The fourth-order valence-corrected chi connectivity index (χ4v) is 2.57. The van der Waals surface area contributed by atoms with Crippen molar-refractivity contribution in [2.75, 3.05) is 20.3 Å². The summed E-state index contributed by atoms with van der Waals surface area (Å²) in [6, 6.07) is 16.3. The lowest BCUT2D eigenvalue weighted by Gasteiger charge is -2.03. The van der Waals surface area contributed by atoms with E-state index in [2.05, 4.69) is 27.4 Å². The van der Waals surface area contributed by atoms with Crippen LogP contribution in [-0.2, 0) is 0 Å². The normalized spacial score (nSPS) is 9.93. The SMILES string of the molecule is COc1cccc(-c2cc(C(=O)NCC#CCOc3ccccc3Cl)[nH]n2)c1. The van der Waals surface area contributed by atoms with Gasteiger partial charge in [0, 0.05) is 5.56 Å². The van der Waals surface area contributed by atoms with Crippen LogP contribution in [0, 0.1) is 11.8 Å². The molecule has 2 aromatic carbocycles. The van der Waals surface area contributed by atoms with Gasteiger partial charge in [-0.3, -0.25) is 9.89 Å². The van der Waals surface area contributed by atoms with Crippen molar-refractivity contribution in [3.05, 3.63) is 65.3 Å². The molecule has 6 nitrogen and oxygen atoms in total. The van der Waals surface area contributed by atoms with Gasteiger partial charge in [0.2, 0.25) is 0 Å². The van der Waals surface area contributed by atoms with Crippen LogP contribution in [-0.4, -0.2) is 36.4 Å². The molecule has 0 aliphatic carbocycles. The molecule has 3 aromatic rings. The Balaban J connectivity index is 1.49. The summed E-state index contributed by atoms with van der Waals surface area (Å²) in [5, 5.41) is 10.1. The molecule has 0 aliphatic heterocycles. The maximum atomic E-state index is 12.2. The van der Waals surface area contributed by atoms with E-state index in [0.717, 1.165) is 11.3 Å². The summed E-state index contributed by atoms with van der Waals surface area (Å²) in [6.45, 7) is 0.377. The lowest BCUT2D eigenvalue weighted by molar-refractivity contribution is 0.0953. The molecule has 7 heteroatoms. The molecule has 28 heavy (non-hydrogen) atoms. The molecule has 0 saturated carbocycles. The van der Waals surface area contributed by atoms with Crippen molar-refractivity contribution in [2.45, 2.75) is 0 Å². The fourth-order valence-electron chi connectivity index (χ4n) is 2.38. The maximum Gasteiger partial charge on any atom is 0.270 e. The molecular weight excluding hydrogens is 378 g/mol. The minimum absolute atomic E-state index is 0.184. The third-order valence-corrected chi connectivity index (χ3v) is 4.10. The molecular formula is C21H18ClN3O3. The standard InChI is InChI=1S/C21H18ClN3O3/c1-27-16-8-6-7-15(13-16)18-14-19(25-24-18)21(26)23-11-4-5-12-28-20-10-3-2-9-17(20)22/h2-3,6-10,13-14H,11-12H2,1H3,(H,23,26)(H,24,25). The number of aromatic amines is 1. The number of nitrogens with one attached hydrogen (secondary N) is 2. The molecule has 0 bridgehead atoms. The number of rotatable bonds is 6. The van der Waals surface area contributed by atoms with Gasteiger partial charge in [-0.1, -0.05) is 47.7 Å². The van der Waals surface area contributed by atoms with Crippen molar-refractivity contribution in [3.8, 4) is 34.6 Å². The molecule has 2 N–H and O–H groups in total. The average Bonchev–Trinajstić information content (AvgIpc) is 3.22. The molecule has 0 radical (unpaired) electrons. The Morgan fingerprint density at radius 2 is 2.04 bits per heavy atom. The van der Waals surface area contributed by atoms with E-state index in [1.807, 2.05) is 36.4 Å². The Kier molecular flexibility index (Phi) is 6.55. The number of amides is 1. The average molecular weight is 396 g/mol. The second-order valence-corrected chi connectivity index (χ2v) is 6.06. The first-order valence-electron chi connectivity index (χ1n) is 8.48. The minimum atomic E-state index is -0.289. The van der Waals surface area contributed by atoms with Gasteiger partial charge in [0.25, 0.3) is 5.91 Å². The molecule has 0 unspecified atom stereocenters. The Morgan fingerprint density at radius 3 is 2.86 bits per heavy atom. The lowest BCUT2D eigenvalue weighted by atomic mass is 10.1. The van der Waals surface area contributed by atoms with Crippen molar-refractivity contribution < 1.29 is 14.3 Å². The highest BCUT2D eigenvalue weighted by molar-refractivity contribution is 6.32. The summed E-state index contributed by atoms with van der Waals surface area (Å²) in [5.41, 5.74) is 1.86. The Hall–Kier alpha value is -3.43. The first-order chi connectivity index (χ1) is 13.7. The molecule has 1 heterocycles. The molecule has 0 atom stereocenters. The number of benzene rings is 2. The van der Waals surface area contributed by atoms with Crippen molar-refractivity contribution in [3.63, 3.8) is 0 Å². The number of hydrogen-bond donors (Lipinski definition) is 2. The van der Waals surface area contributed by atoms with E-state index in [0.29, 0.717) is 22.2 Å². The van der Waals surface area contributed by atoms with Crippen molar-refractivity contribution in [2.24, 2.45) is 0 Å². The zero-order chi connectivity index (χ0) is 19.8. The van der Waals surface area contributed by atoms with Crippen LogP contribution in [0.15, 0.2) is 54.6 Å². The largest absolute Gasteiger partial charge is 0.497 e. The summed E-state index contributed by atoms with van der Waals surface area (Å²) >= 11 is 5.99. The second kappa shape index (κ2) is 9.49. The zero-order valence-corrected chi connectivity index (χ0v) is 15.9. The highest BCUT2D eigenvalue weighted by atomic mass is 35.5. The number of carbonyl (C=O) groups is 1. The Bertz CT molecular complexity index is 1020. The number of methoxy groups -OCH3 is 1. The van der Waals surface area contributed by atoms with Gasteiger partial charge < -0.3 is 14.8 Å². The smallest absolute Gasteiger partial charge is 0.270 e. The second-order valence-electron chi connectivity index (χ2n) is 5.65. The van der Waals surface area contributed by atoms with Crippen LogP contribution < -0.4 is 14.8 Å². The first-order valence-corrected chi connectivity index (χ1v) is 8.86. The van der Waals surface area contributed by atoms with Gasteiger partial charge in [-0.05, 0) is 30.3 Å². The van der Waals surface area contributed by atoms with Gasteiger partial charge >= 0.3 is 0 Å². The van der Waals surface area contributed by atoms with Crippen LogP contribution in [0.25, 0.3) is 11.3 Å². The summed E-state index contributed by atoms with van der Waals surface area (Å²) in [6.07, 6.45) is 0. The topological polar surface area (TPSA) is 76.2 Å². The molecule has 1 aromatic heterocycles. The molecule has 142 valence electrons. The van der Waals surface area contributed by atoms with Crippen LogP contribution in [0.5, 0.6) is 11.5 Å². The number of ether oxygens (including phenoxy) is 2. The van der Waals surface area contributed by atoms with Crippen LogP contribution in [0.4, 0.5) is 0 Å². The number of halogens is 1. The van der Waals surface area contributed by atoms with Crippen molar-refractivity contribution >= 4 is 17.5 Å². The molecule has 1 amide bonds. The van der Waals surface area contributed by atoms with Crippen LogP contribution >= 0.6 is 11.6 Å². The first kappa shape index (κ1) is 19.3. The predicted octanol–water partition coefficient (Wildman–Crippen LogP) is 3.55. The molecule has 0 aliphatic rings. The maximum absolute atomic E-state index is 12.2. The van der Waals surface area contributed by atoms with E-state index in [-0.39, 0.29) is 19.1 Å². The predicted molar refractivity (Wildman–Crippen MR) is 108 cm³/mol. The van der Waals surface area contributed by atoms with Crippen LogP contribution in [0.2, 0.25) is 5.02 Å². The molecule has 3 rings (SSSR count). The van der Waals surface area contributed by atoms with Crippen LogP contribution in [0.1, 0.15) is 10.5 Å². The van der Waals surface area contributed by atoms with Crippen LogP contribution in [0.3, 0.4) is 0 Å². The van der Waals surface area contributed by atoms with E-state index in [1.165, 1.54) is 0 Å². The number of H-pyrrole nitrogens is 1. The summed E-state index contributed by atoms with van der Waals surface area (Å²) in [7, 11) is 1.60. The highest BCUT2D eigenvalue weighted by Crippen LogP contribution is 2.23. The third kappa shape index (κ3) is 5.06. The fraction of sp³-hybridized carbons (Fsp3) is 0.143.